The Balaban J connectivity index is 1.76. The summed E-state index contributed by atoms with van der Waals surface area (Å²) < 4.78 is 0.923. The maximum absolute atomic E-state index is 4.44. The van der Waals surface area contributed by atoms with Gasteiger partial charge in [0.2, 0.25) is 0 Å². The van der Waals surface area contributed by atoms with Gasteiger partial charge in [-0.1, -0.05) is 19.4 Å². The predicted octanol–water partition coefficient (Wildman–Crippen LogP) is 3.90. The minimum absolute atomic E-state index is 0.693. The third-order valence-electron chi connectivity index (χ3n) is 3.77. The van der Waals surface area contributed by atoms with Crippen molar-refractivity contribution < 1.29 is 0 Å². The minimum Gasteiger partial charge on any atom is -0.308 e. The van der Waals surface area contributed by atoms with Crippen LogP contribution < -0.4 is 5.32 Å². The van der Waals surface area contributed by atoms with Gasteiger partial charge < -0.3 is 5.32 Å². The molecule has 0 bridgehead atoms. The second kappa shape index (κ2) is 6.50. The van der Waals surface area contributed by atoms with Crippen LogP contribution in [-0.4, -0.2) is 11.0 Å². The maximum atomic E-state index is 4.44. The zero-order valence-corrected chi connectivity index (χ0v) is 12.0. The van der Waals surface area contributed by atoms with Gasteiger partial charge in [0.05, 0.1) is 5.69 Å². The standard InChI is InChI=1S/C14H21BrN2/c1-2-11-6-8-12(9-7-11)16-10-13-4-3-5-14(15)17-13/h3-5,11-12,16H,2,6-10H2,1H3. The van der Waals surface area contributed by atoms with Gasteiger partial charge in [0, 0.05) is 12.6 Å². The first-order chi connectivity index (χ1) is 8.28. The van der Waals surface area contributed by atoms with E-state index in [1.54, 1.807) is 0 Å². The first kappa shape index (κ1) is 13.0. The lowest BCUT2D eigenvalue weighted by atomic mass is 9.84. The number of rotatable bonds is 4. The summed E-state index contributed by atoms with van der Waals surface area (Å²) in [5.74, 6) is 0.969. The monoisotopic (exact) mass is 296 g/mol. The molecule has 1 aliphatic carbocycles. The van der Waals surface area contributed by atoms with Crippen LogP contribution in [0.5, 0.6) is 0 Å². The quantitative estimate of drug-likeness (QED) is 0.853. The predicted molar refractivity (Wildman–Crippen MR) is 74.8 cm³/mol. The Bertz CT molecular complexity index is 346. The number of pyridine rings is 1. The van der Waals surface area contributed by atoms with Gasteiger partial charge in [0.25, 0.3) is 0 Å². The molecular formula is C14H21BrN2. The fourth-order valence-corrected chi connectivity index (χ4v) is 2.95. The van der Waals surface area contributed by atoms with E-state index in [4.69, 9.17) is 0 Å². The molecule has 1 heterocycles. The highest BCUT2D eigenvalue weighted by Crippen LogP contribution is 2.26. The van der Waals surface area contributed by atoms with Gasteiger partial charge >= 0.3 is 0 Å². The molecule has 0 aromatic carbocycles. The molecule has 0 atom stereocenters. The summed E-state index contributed by atoms with van der Waals surface area (Å²) in [6, 6.07) is 6.78. The molecule has 1 fully saturated rings. The van der Waals surface area contributed by atoms with Crippen LogP contribution in [0.1, 0.15) is 44.7 Å². The summed E-state index contributed by atoms with van der Waals surface area (Å²) >= 11 is 3.41. The van der Waals surface area contributed by atoms with Gasteiger partial charge in [-0.05, 0) is 59.7 Å². The summed E-state index contributed by atoms with van der Waals surface area (Å²) in [4.78, 5) is 4.44. The molecule has 94 valence electrons. The highest BCUT2D eigenvalue weighted by molar-refractivity contribution is 9.10. The SMILES string of the molecule is CCC1CCC(NCc2cccc(Br)n2)CC1. The van der Waals surface area contributed by atoms with Crippen LogP contribution in [0.15, 0.2) is 22.8 Å². The fraction of sp³-hybridized carbons (Fsp3) is 0.643. The molecule has 0 amide bonds. The normalized spacial score (nSPS) is 24.8. The van der Waals surface area contributed by atoms with Gasteiger partial charge in [0.15, 0.2) is 0 Å². The highest BCUT2D eigenvalue weighted by atomic mass is 79.9. The molecule has 0 radical (unpaired) electrons. The summed E-state index contributed by atoms with van der Waals surface area (Å²) in [6.07, 6.45) is 6.78. The van der Waals surface area contributed by atoms with E-state index in [2.05, 4.69) is 39.2 Å². The van der Waals surface area contributed by atoms with Crippen molar-refractivity contribution in [2.45, 2.75) is 51.6 Å². The van der Waals surface area contributed by atoms with E-state index in [0.717, 1.165) is 22.8 Å². The molecule has 1 aromatic heterocycles. The molecule has 2 rings (SSSR count). The Kier molecular flexibility index (Phi) is 4.99. The molecule has 0 unspecified atom stereocenters. The third kappa shape index (κ3) is 4.07. The molecule has 3 heteroatoms. The van der Waals surface area contributed by atoms with E-state index in [9.17, 15) is 0 Å². The van der Waals surface area contributed by atoms with Crippen LogP contribution in [0.4, 0.5) is 0 Å². The van der Waals surface area contributed by atoms with Crippen LogP contribution in [0.3, 0.4) is 0 Å². The lowest BCUT2D eigenvalue weighted by Gasteiger charge is -2.28. The molecule has 0 saturated heterocycles. The highest BCUT2D eigenvalue weighted by Gasteiger charge is 2.19. The molecule has 1 N–H and O–H groups in total. The van der Waals surface area contributed by atoms with Crippen molar-refractivity contribution in [2.24, 2.45) is 5.92 Å². The Morgan fingerprint density at radius 2 is 2.06 bits per heavy atom. The van der Waals surface area contributed by atoms with Crippen molar-refractivity contribution in [3.8, 4) is 0 Å². The zero-order valence-electron chi connectivity index (χ0n) is 10.5. The van der Waals surface area contributed by atoms with Crippen molar-refractivity contribution in [1.82, 2.24) is 10.3 Å². The largest absolute Gasteiger partial charge is 0.308 e. The van der Waals surface area contributed by atoms with Crippen LogP contribution in [0.2, 0.25) is 0 Å². The number of hydrogen-bond acceptors (Lipinski definition) is 2. The number of aromatic nitrogens is 1. The van der Waals surface area contributed by atoms with Gasteiger partial charge in [-0.2, -0.15) is 0 Å². The molecule has 1 aliphatic rings. The molecule has 0 spiro atoms. The smallest absolute Gasteiger partial charge is 0.106 e. The summed E-state index contributed by atoms with van der Waals surface area (Å²) in [5.41, 5.74) is 1.12. The Morgan fingerprint density at radius 1 is 1.29 bits per heavy atom. The average molecular weight is 297 g/mol. The van der Waals surface area contributed by atoms with E-state index in [-0.39, 0.29) is 0 Å². The Morgan fingerprint density at radius 3 is 2.71 bits per heavy atom. The van der Waals surface area contributed by atoms with Gasteiger partial charge in [-0.25, -0.2) is 4.98 Å². The molecule has 1 aromatic rings. The summed E-state index contributed by atoms with van der Waals surface area (Å²) in [7, 11) is 0. The minimum atomic E-state index is 0.693. The fourth-order valence-electron chi connectivity index (χ4n) is 2.57. The molecule has 17 heavy (non-hydrogen) atoms. The molecule has 2 nitrogen and oxygen atoms in total. The van der Waals surface area contributed by atoms with Crippen LogP contribution in [-0.2, 0) is 6.54 Å². The van der Waals surface area contributed by atoms with Crippen molar-refractivity contribution in [3.63, 3.8) is 0 Å². The first-order valence-corrected chi connectivity index (χ1v) is 7.42. The molecular weight excluding hydrogens is 276 g/mol. The molecule has 1 saturated carbocycles. The van der Waals surface area contributed by atoms with E-state index in [1.165, 1.54) is 32.1 Å². The number of nitrogens with zero attached hydrogens (tertiary/aromatic N) is 1. The summed E-state index contributed by atoms with van der Waals surface area (Å²) in [6.45, 7) is 3.20. The van der Waals surface area contributed by atoms with Crippen molar-refractivity contribution in [2.75, 3.05) is 0 Å². The Labute approximate surface area is 112 Å². The number of halogens is 1. The second-order valence-corrected chi connectivity index (χ2v) is 5.77. The van der Waals surface area contributed by atoms with E-state index in [0.29, 0.717) is 6.04 Å². The van der Waals surface area contributed by atoms with Crippen molar-refractivity contribution in [3.05, 3.63) is 28.5 Å². The van der Waals surface area contributed by atoms with Crippen LogP contribution in [0, 0.1) is 5.92 Å². The Hall–Kier alpha value is -0.410. The second-order valence-electron chi connectivity index (χ2n) is 4.96. The maximum Gasteiger partial charge on any atom is 0.106 e. The average Bonchev–Trinajstić information content (AvgIpc) is 2.37. The van der Waals surface area contributed by atoms with Gasteiger partial charge in [-0.3, -0.25) is 0 Å². The molecule has 0 aliphatic heterocycles. The lowest BCUT2D eigenvalue weighted by Crippen LogP contribution is -2.32. The van der Waals surface area contributed by atoms with E-state index in [1.807, 2.05) is 12.1 Å². The zero-order chi connectivity index (χ0) is 12.1. The van der Waals surface area contributed by atoms with Crippen molar-refractivity contribution >= 4 is 15.9 Å². The van der Waals surface area contributed by atoms with Gasteiger partial charge in [-0.15, -0.1) is 0 Å². The van der Waals surface area contributed by atoms with E-state index >= 15 is 0 Å². The van der Waals surface area contributed by atoms with Crippen LogP contribution in [0.25, 0.3) is 0 Å². The lowest BCUT2D eigenvalue weighted by molar-refractivity contribution is 0.284. The van der Waals surface area contributed by atoms with Crippen LogP contribution >= 0.6 is 15.9 Å². The first-order valence-electron chi connectivity index (χ1n) is 6.62. The number of nitrogens with one attached hydrogen (secondary N) is 1. The topological polar surface area (TPSA) is 24.9 Å². The summed E-state index contributed by atoms with van der Waals surface area (Å²) in [5, 5.41) is 3.63. The van der Waals surface area contributed by atoms with Gasteiger partial charge in [0.1, 0.15) is 4.60 Å². The van der Waals surface area contributed by atoms with Crippen molar-refractivity contribution in [1.29, 1.82) is 0 Å². The third-order valence-corrected chi connectivity index (χ3v) is 4.21. The van der Waals surface area contributed by atoms with E-state index < -0.39 is 0 Å². The number of hydrogen-bond donors (Lipinski definition) is 1.